The molecule has 1 heterocycles. The number of amides is 1. The Morgan fingerprint density at radius 3 is 2.53 bits per heavy atom. The van der Waals surface area contributed by atoms with Gasteiger partial charge in [0.05, 0.1) is 28.5 Å². The highest BCUT2D eigenvalue weighted by atomic mass is 32.2. The molecule has 0 saturated carbocycles. The van der Waals surface area contributed by atoms with Crippen LogP contribution in [-0.2, 0) is 4.79 Å². The smallest absolute Gasteiger partial charge is 0.343 e. The molecule has 0 aliphatic carbocycles. The number of hydrogen-bond acceptors (Lipinski definition) is 8. The Labute approximate surface area is 216 Å². The van der Waals surface area contributed by atoms with Crippen molar-refractivity contribution in [3.8, 4) is 11.5 Å². The first kappa shape index (κ1) is 25.1. The molecular formula is C26H20N2O6S2. The number of nitrogens with zero attached hydrogens (tertiary/aromatic N) is 2. The number of benzene rings is 3. The monoisotopic (exact) mass is 520 g/mol. The van der Waals surface area contributed by atoms with E-state index in [1.54, 1.807) is 23.1 Å². The van der Waals surface area contributed by atoms with Crippen molar-refractivity contribution in [2.24, 2.45) is 0 Å². The largest absolute Gasteiger partial charge is 0.493 e. The number of carbonyl (C=O) groups is 2. The molecule has 0 N–H and O–H groups in total. The van der Waals surface area contributed by atoms with Gasteiger partial charge in [0.25, 0.3) is 11.6 Å². The van der Waals surface area contributed by atoms with Crippen LogP contribution in [0.4, 0.5) is 5.69 Å². The molecule has 1 aliphatic heterocycles. The number of thiocarbonyl (C=S) groups is 1. The molecule has 0 radical (unpaired) electrons. The molecule has 8 nitrogen and oxygen atoms in total. The maximum atomic E-state index is 13.1. The first-order chi connectivity index (χ1) is 17.3. The molecule has 1 saturated heterocycles. The fourth-order valence-corrected chi connectivity index (χ4v) is 5.03. The number of carbonyl (C=O) groups excluding carboxylic acids is 2. The van der Waals surface area contributed by atoms with E-state index in [1.807, 2.05) is 37.3 Å². The summed E-state index contributed by atoms with van der Waals surface area (Å²) in [5.74, 6) is -0.561. The van der Waals surface area contributed by atoms with Gasteiger partial charge in [-0.1, -0.05) is 66.4 Å². The van der Waals surface area contributed by atoms with E-state index in [9.17, 15) is 19.7 Å². The number of ether oxygens (including phenoxy) is 2. The van der Waals surface area contributed by atoms with Crippen molar-refractivity contribution in [2.45, 2.75) is 13.0 Å². The minimum atomic E-state index is -0.763. The third-order valence-corrected chi connectivity index (χ3v) is 6.80. The summed E-state index contributed by atoms with van der Waals surface area (Å²) >= 11 is 6.70. The van der Waals surface area contributed by atoms with Crippen LogP contribution in [0.1, 0.15) is 34.5 Å². The van der Waals surface area contributed by atoms with Crippen LogP contribution in [0.25, 0.3) is 6.08 Å². The minimum absolute atomic E-state index is 0.0338. The topological polar surface area (TPSA) is 99.0 Å². The SMILES string of the molecule is COc1cc(/C=C2\SC(=S)N([C@H](C)c3ccccc3)C2=O)ccc1OC(=O)c1cccc([N+](=O)[O-])c1. The highest BCUT2D eigenvalue weighted by Gasteiger charge is 2.36. The number of nitro benzene ring substituents is 1. The average Bonchev–Trinajstić information content (AvgIpc) is 3.17. The number of esters is 1. The lowest BCUT2D eigenvalue weighted by Crippen LogP contribution is -2.30. The summed E-state index contributed by atoms with van der Waals surface area (Å²) in [4.78, 5) is 38.1. The molecule has 3 aromatic carbocycles. The first-order valence-corrected chi connectivity index (χ1v) is 12.0. The fraction of sp³-hybridized carbons (Fsp3) is 0.115. The average molecular weight is 521 g/mol. The number of hydrogen-bond donors (Lipinski definition) is 0. The summed E-state index contributed by atoms with van der Waals surface area (Å²) in [6, 6.07) is 19.5. The summed E-state index contributed by atoms with van der Waals surface area (Å²) in [5.41, 5.74) is 1.44. The zero-order chi connectivity index (χ0) is 25.8. The van der Waals surface area contributed by atoms with Gasteiger partial charge in [-0.05, 0) is 42.3 Å². The van der Waals surface area contributed by atoms with E-state index in [1.165, 1.54) is 43.1 Å². The molecule has 182 valence electrons. The van der Waals surface area contributed by atoms with Crippen molar-refractivity contribution in [3.63, 3.8) is 0 Å². The van der Waals surface area contributed by atoms with Crippen LogP contribution in [0, 0.1) is 10.1 Å². The quantitative estimate of drug-likeness (QED) is 0.0965. The van der Waals surface area contributed by atoms with Gasteiger partial charge in [0.1, 0.15) is 4.32 Å². The first-order valence-electron chi connectivity index (χ1n) is 10.7. The maximum Gasteiger partial charge on any atom is 0.343 e. The van der Waals surface area contributed by atoms with Crippen LogP contribution in [0.2, 0.25) is 0 Å². The molecule has 0 unspecified atom stereocenters. The molecule has 3 aromatic rings. The molecule has 1 aliphatic rings. The molecule has 1 atom stereocenters. The lowest BCUT2D eigenvalue weighted by Gasteiger charge is -2.23. The minimum Gasteiger partial charge on any atom is -0.493 e. The van der Waals surface area contributed by atoms with Crippen LogP contribution in [-0.4, -0.2) is 33.1 Å². The second kappa shape index (κ2) is 10.7. The van der Waals surface area contributed by atoms with E-state index in [4.69, 9.17) is 21.7 Å². The molecule has 0 spiro atoms. The lowest BCUT2D eigenvalue weighted by atomic mass is 10.1. The number of non-ortho nitro benzene ring substituents is 1. The van der Waals surface area contributed by atoms with Gasteiger partial charge in [0.15, 0.2) is 11.5 Å². The van der Waals surface area contributed by atoms with Crippen molar-refractivity contribution >= 4 is 51.9 Å². The van der Waals surface area contributed by atoms with Crippen LogP contribution >= 0.6 is 24.0 Å². The normalized spacial score (nSPS) is 15.2. The van der Waals surface area contributed by atoms with Crippen molar-refractivity contribution in [1.82, 2.24) is 4.90 Å². The van der Waals surface area contributed by atoms with Crippen molar-refractivity contribution in [2.75, 3.05) is 7.11 Å². The Hall–Kier alpha value is -4.02. The van der Waals surface area contributed by atoms with Crippen LogP contribution in [0.3, 0.4) is 0 Å². The standard InChI is InChI=1S/C26H20N2O6S2/c1-16(18-7-4-3-5-8-18)27-24(29)23(36-26(27)35)14-17-11-12-21(22(13-17)33-2)34-25(30)19-9-6-10-20(15-19)28(31)32/h3-16H,1-2H3/b23-14-/t16-/m1/s1. The van der Waals surface area contributed by atoms with E-state index in [0.29, 0.717) is 14.8 Å². The van der Waals surface area contributed by atoms with Gasteiger partial charge < -0.3 is 9.47 Å². The summed E-state index contributed by atoms with van der Waals surface area (Å²) in [7, 11) is 1.42. The van der Waals surface area contributed by atoms with E-state index < -0.39 is 10.9 Å². The van der Waals surface area contributed by atoms with Gasteiger partial charge in [0, 0.05) is 12.1 Å². The number of nitro groups is 1. The predicted molar refractivity (Wildman–Crippen MR) is 141 cm³/mol. The van der Waals surface area contributed by atoms with E-state index in [0.717, 1.165) is 11.6 Å². The third-order valence-electron chi connectivity index (χ3n) is 5.47. The fourth-order valence-electron chi connectivity index (χ4n) is 3.61. The van der Waals surface area contributed by atoms with Crippen LogP contribution in [0.5, 0.6) is 11.5 Å². The second-order valence-corrected chi connectivity index (χ2v) is 9.42. The Bertz CT molecular complexity index is 1390. The van der Waals surface area contributed by atoms with Gasteiger partial charge in [-0.3, -0.25) is 19.8 Å². The molecule has 1 amide bonds. The molecule has 4 rings (SSSR count). The molecule has 1 fully saturated rings. The summed E-state index contributed by atoms with van der Waals surface area (Å²) < 4.78 is 11.3. The van der Waals surface area contributed by atoms with Gasteiger partial charge >= 0.3 is 5.97 Å². The molecule has 10 heteroatoms. The zero-order valence-electron chi connectivity index (χ0n) is 19.2. The Kier molecular flexibility index (Phi) is 7.47. The number of methoxy groups -OCH3 is 1. The van der Waals surface area contributed by atoms with Crippen LogP contribution < -0.4 is 9.47 Å². The lowest BCUT2D eigenvalue weighted by molar-refractivity contribution is -0.384. The predicted octanol–water partition coefficient (Wildman–Crippen LogP) is 5.79. The maximum absolute atomic E-state index is 13.1. The second-order valence-electron chi connectivity index (χ2n) is 7.75. The van der Waals surface area contributed by atoms with Crippen molar-refractivity contribution < 1.29 is 24.0 Å². The molecule has 0 bridgehead atoms. The van der Waals surface area contributed by atoms with E-state index >= 15 is 0 Å². The Morgan fingerprint density at radius 1 is 1.08 bits per heavy atom. The van der Waals surface area contributed by atoms with E-state index in [-0.39, 0.29) is 34.7 Å². The van der Waals surface area contributed by atoms with Gasteiger partial charge in [-0.25, -0.2) is 4.79 Å². The summed E-state index contributed by atoms with van der Waals surface area (Å²) in [6.07, 6.45) is 1.70. The Balaban J connectivity index is 1.54. The highest BCUT2D eigenvalue weighted by molar-refractivity contribution is 8.26. The number of thioether (sulfide) groups is 1. The van der Waals surface area contributed by atoms with Crippen molar-refractivity contribution in [3.05, 3.63) is 105 Å². The molecule has 0 aromatic heterocycles. The van der Waals surface area contributed by atoms with Gasteiger partial charge in [-0.2, -0.15) is 0 Å². The van der Waals surface area contributed by atoms with Crippen molar-refractivity contribution in [1.29, 1.82) is 0 Å². The summed E-state index contributed by atoms with van der Waals surface area (Å²) in [6.45, 7) is 1.93. The van der Waals surface area contributed by atoms with Gasteiger partial charge in [-0.15, -0.1) is 0 Å². The molecular weight excluding hydrogens is 500 g/mol. The third kappa shape index (κ3) is 5.29. The van der Waals surface area contributed by atoms with Crippen LogP contribution in [0.15, 0.2) is 77.7 Å². The summed E-state index contributed by atoms with van der Waals surface area (Å²) in [5, 5.41) is 11.0. The zero-order valence-corrected chi connectivity index (χ0v) is 20.9. The van der Waals surface area contributed by atoms with E-state index in [2.05, 4.69) is 0 Å². The highest BCUT2D eigenvalue weighted by Crippen LogP contribution is 2.39. The Morgan fingerprint density at radius 2 is 1.83 bits per heavy atom. The molecule has 36 heavy (non-hydrogen) atoms. The van der Waals surface area contributed by atoms with Gasteiger partial charge in [0.2, 0.25) is 0 Å². The number of rotatable bonds is 7.